The van der Waals surface area contributed by atoms with Crippen LogP contribution in [0, 0.1) is 0 Å². The van der Waals surface area contributed by atoms with Crippen molar-refractivity contribution in [2.45, 2.75) is 26.7 Å². The standard InChI is InChI=1S/C16H18N2O3/c1-3-4-9-21-13-7-5-12(6-8-13)15-10-14(11(2)19)16(20)18-17-15/h5-8,10H,3-4,9H2,1-2H3,(H,18,20). The Bertz CT molecular complexity index is 675. The van der Waals surface area contributed by atoms with Crippen LogP contribution in [0.15, 0.2) is 35.1 Å². The topological polar surface area (TPSA) is 72.1 Å². The molecule has 0 amide bonds. The molecule has 110 valence electrons. The van der Waals surface area contributed by atoms with Gasteiger partial charge in [0.1, 0.15) is 5.75 Å². The smallest absolute Gasteiger partial charge is 0.275 e. The number of nitrogens with zero attached hydrogens (tertiary/aromatic N) is 1. The molecule has 5 heteroatoms. The van der Waals surface area contributed by atoms with Crippen molar-refractivity contribution in [2.75, 3.05) is 6.61 Å². The number of rotatable bonds is 6. The van der Waals surface area contributed by atoms with E-state index in [1.54, 1.807) is 0 Å². The van der Waals surface area contributed by atoms with E-state index in [0.717, 1.165) is 24.2 Å². The predicted molar refractivity (Wildman–Crippen MR) is 80.7 cm³/mol. The summed E-state index contributed by atoms with van der Waals surface area (Å²) in [6.45, 7) is 4.17. The summed E-state index contributed by atoms with van der Waals surface area (Å²) in [6.07, 6.45) is 2.11. The summed E-state index contributed by atoms with van der Waals surface area (Å²) in [4.78, 5) is 22.9. The lowest BCUT2D eigenvalue weighted by atomic mass is 10.1. The van der Waals surface area contributed by atoms with Crippen molar-refractivity contribution in [2.24, 2.45) is 0 Å². The third-order valence-corrected chi connectivity index (χ3v) is 3.10. The predicted octanol–water partition coefficient (Wildman–Crippen LogP) is 2.82. The Morgan fingerprint density at radius 1 is 1.29 bits per heavy atom. The van der Waals surface area contributed by atoms with Gasteiger partial charge in [-0.15, -0.1) is 0 Å². The van der Waals surface area contributed by atoms with Crippen LogP contribution in [0.3, 0.4) is 0 Å². The van der Waals surface area contributed by atoms with Crippen molar-refractivity contribution < 1.29 is 9.53 Å². The van der Waals surface area contributed by atoms with Gasteiger partial charge < -0.3 is 4.74 Å². The van der Waals surface area contributed by atoms with Crippen LogP contribution in [0.25, 0.3) is 11.3 Å². The van der Waals surface area contributed by atoms with Gasteiger partial charge in [-0.25, -0.2) is 5.10 Å². The molecule has 1 aromatic heterocycles. The highest BCUT2D eigenvalue weighted by Crippen LogP contribution is 2.20. The summed E-state index contributed by atoms with van der Waals surface area (Å²) >= 11 is 0. The lowest BCUT2D eigenvalue weighted by Gasteiger charge is -2.06. The minimum atomic E-state index is -0.467. The van der Waals surface area contributed by atoms with E-state index in [-0.39, 0.29) is 11.3 Å². The summed E-state index contributed by atoms with van der Waals surface area (Å²) in [6, 6.07) is 8.92. The molecule has 0 fully saturated rings. The molecule has 0 spiro atoms. The fraction of sp³-hybridized carbons (Fsp3) is 0.312. The summed E-state index contributed by atoms with van der Waals surface area (Å²) < 4.78 is 5.59. The Hall–Kier alpha value is -2.43. The number of unbranched alkanes of at least 4 members (excludes halogenated alkanes) is 1. The highest BCUT2D eigenvalue weighted by atomic mass is 16.5. The molecule has 0 saturated heterocycles. The largest absolute Gasteiger partial charge is 0.494 e. The number of aromatic amines is 1. The van der Waals surface area contributed by atoms with Crippen molar-refractivity contribution in [1.29, 1.82) is 0 Å². The van der Waals surface area contributed by atoms with E-state index in [9.17, 15) is 9.59 Å². The van der Waals surface area contributed by atoms with Gasteiger partial charge in [0.25, 0.3) is 5.56 Å². The Labute approximate surface area is 123 Å². The number of hydrogen-bond acceptors (Lipinski definition) is 4. The molecule has 0 radical (unpaired) electrons. The third-order valence-electron chi connectivity index (χ3n) is 3.10. The van der Waals surface area contributed by atoms with Crippen molar-refractivity contribution in [3.05, 3.63) is 46.2 Å². The number of carbonyl (C=O) groups excluding carboxylic acids is 1. The van der Waals surface area contributed by atoms with Gasteiger partial charge in [-0.3, -0.25) is 9.59 Å². The van der Waals surface area contributed by atoms with Gasteiger partial charge in [-0.1, -0.05) is 13.3 Å². The average Bonchev–Trinajstić information content (AvgIpc) is 2.48. The van der Waals surface area contributed by atoms with E-state index >= 15 is 0 Å². The van der Waals surface area contributed by atoms with Gasteiger partial charge in [0.15, 0.2) is 5.78 Å². The first kappa shape index (κ1) is 15.0. The van der Waals surface area contributed by atoms with E-state index in [1.807, 2.05) is 24.3 Å². The third kappa shape index (κ3) is 3.78. The molecule has 0 aliphatic rings. The normalized spacial score (nSPS) is 10.4. The van der Waals surface area contributed by atoms with Gasteiger partial charge in [0, 0.05) is 5.56 Å². The number of benzene rings is 1. The molecule has 21 heavy (non-hydrogen) atoms. The van der Waals surface area contributed by atoms with E-state index in [4.69, 9.17) is 4.74 Å². The summed E-state index contributed by atoms with van der Waals surface area (Å²) in [5.41, 5.74) is 1.02. The molecular weight excluding hydrogens is 268 g/mol. The van der Waals surface area contributed by atoms with Crippen LogP contribution >= 0.6 is 0 Å². The van der Waals surface area contributed by atoms with Gasteiger partial charge in [0.2, 0.25) is 0 Å². The fourth-order valence-corrected chi connectivity index (χ4v) is 1.87. The number of nitrogens with one attached hydrogen (secondary N) is 1. The van der Waals surface area contributed by atoms with Crippen LogP contribution in [0.5, 0.6) is 5.75 Å². The zero-order chi connectivity index (χ0) is 15.2. The summed E-state index contributed by atoms with van der Waals surface area (Å²) in [7, 11) is 0. The number of aromatic nitrogens is 2. The lowest BCUT2D eigenvalue weighted by molar-refractivity contribution is 0.101. The number of Topliss-reactive ketones (excluding diaryl/α,β-unsaturated/α-hetero) is 1. The van der Waals surface area contributed by atoms with E-state index in [2.05, 4.69) is 17.1 Å². The highest BCUT2D eigenvalue weighted by molar-refractivity contribution is 5.94. The molecule has 0 bridgehead atoms. The molecule has 1 N–H and O–H groups in total. The molecule has 2 rings (SSSR count). The first-order valence-electron chi connectivity index (χ1n) is 6.95. The quantitative estimate of drug-likeness (QED) is 0.654. The van der Waals surface area contributed by atoms with Crippen molar-refractivity contribution in [3.63, 3.8) is 0 Å². The van der Waals surface area contributed by atoms with Crippen LogP contribution in [0.1, 0.15) is 37.0 Å². The van der Waals surface area contributed by atoms with Gasteiger partial charge in [0.05, 0.1) is 17.9 Å². The molecule has 0 saturated carbocycles. The monoisotopic (exact) mass is 286 g/mol. The Morgan fingerprint density at radius 2 is 2.00 bits per heavy atom. The SMILES string of the molecule is CCCCOc1ccc(-c2cc(C(C)=O)c(=O)[nH]n2)cc1. The average molecular weight is 286 g/mol. The lowest BCUT2D eigenvalue weighted by Crippen LogP contribution is -2.17. The molecule has 0 aliphatic heterocycles. The number of carbonyl (C=O) groups is 1. The first-order chi connectivity index (χ1) is 10.1. The van der Waals surface area contributed by atoms with Crippen molar-refractivity contribution >= 4 is 5.78 Å². The Morgan fingerprint density at radius 3 is 2.62 bits per heavy atom. The zero-order valence-corrected chi connectivity index (χ0v) is 12.2. The van der Waals surface area contributed by atoms with Gasteiger partial charge >= 0.3 is 0 Å². The number of ether oxygens (including phenoxy) is 1. The molecule has 5 nitrogen and oxygen atoms in total. The van der Waals surface area contributed by atoms with E-state index in [0.29, 0.717) is 12.3 Å². The Kier molecular flexibility index (Phi) is 4.87. The second kappa shape index (κ2) is 6.83. The molecular formula is C16H18N2O3. The minimum Gasteiger partial charge on any atom is -0.494 e. The number of ketones is 1. The summed E-state index contributed by atoms with van der Waals surface area (Å²) in [5, 5.41) is 6.31. The van der Waals surface area contributed by atoms with Crippen LogP contribution in [0.4, 0.5) is 0 Å². The van der Waals surface area contributed by atoms with Crippen LogP contribution in [-0.4, -0.2) is 22.6 Å². The van der Waals surface area contributed by atoms with Crippen molar-refractivity contribution in [1.82, 2.24) is 10.2 Å². The van der Waals surface area contributed by atoms with Gasteiger partial charge in [-0.2, -0.15) is 5.10 Å². The maximum absolute atomic E-state index is 11.5. The van der Waals surface area contributed by atoms with E-state index < -0.39 is 5.56 Å². The fourth-order valence-electron chi connectivity index (χ4n) is 1.87. The first-order valence-corrected chi connectivity index (χ1v) is 6.95. The van der Waals surface area contributed by atoms with Crippen LogP contribution in [0.2, 0.25) is 0 Å². The molecule has 0 aliphatic carbocycles. The molecule has 1 aromatic carbocycles. The highest BCUT2D eigenvalue weighted by Gasteiger charge is 2.09. The molecule has 0 unspecified atom stereocenters. The van der Waals surface area contributed by atoms with Crippen molar-refractivity contribution in [3.8, 4) is 17.0 Å². The second-order valence-corrected chi connectivity index (χ2v) is 4.78. The summed E-state index contributed by atoms with van der Waals surface area (Å²) in [5.74, 6) is 0.517. The number of H-pyrrole nitrogens is 1. The maximum Gasteiger partial charge on any atom is 0.275 e. The molecule has 0 atom stereocenters. The zero-order valence-electron chi connectivity index (χ0n) is 12.2. The second-order valence-electron chi connectivity index (χ2n) is 4.78. The van der Waals surface area contributed by atoms with Crippen LogP contribution < -0.4 is 10.3 Å². The number of hydrogen-bond donors (Lipinski definition) is 1. The van der Waals surface area contributed by atoms with Gasteiger partial charge in [-0.05, 0) is 43.7 Å². The molecule has 2 aromatic rings. The maximum atomic E-state index is 11.5. The van der Waals surface area contributed by atoms with Crippen LogP contribution in [-0.2, 0) is 0 Å². The minimum absolute atomic E-state index is 0.114. The molecule has 1 heterocycles. The van der Waals surface area contributed by atoms with E-state index in [1.165, 1.54) is 13.0 Å². The Balaban J connectivity index is 2.20.